The topological polar surface area (TPSA) is 17.1 Å². The SMILES string of the molecule is O=C(CCc1ccc(C=S)cc1)c1ccc(F)cc1Cl. The molecule has 0 radical (unpaired) electrons. The van der Waals surface area contributed by atoms with Crippen molar-refractivity contribution in [3.63, 3.8) is 0 Å². The quantitative estimate of drug-likeness (QED) is 0.591. The average Bonchev–Trinajstić information content (AvgIpc) is 2.45. The van der Waals surface area contributed by atoms with Gasteiger partial charge in [0.1, 0.15) is 5.82 Å². The lowest BCUT2D eigenvalue weighted by atomic mass is 10.0. The minimum atomic E-state index is -0.442. The molecule has 102 valence electrons. The van der Waals surface area contributed by atoms with Crippen LogP contribution >= 0.6 is 23.8 Å². The molecule has 1 nitrogen and oxygen atoms in total. The van der Waals surface area contributed by atoms with Crippen LogP contribution in [0.25, 0.3) is 0 Å². The summed E-state index contributed by atoms with van der Waals surface area (Å²) in [7, 11) is 0. The van der Waals surface area contributed by atoms with Gasteiger partial charge in [0.25, 0.3) is 0 Å². The van der Waals surface area contributed by atoms with Gasteiger partial charge in [-0.15, -0.1) is 0 Å². The Morgan fingerprint density at radius 3 is 2.50 bits per heavy atom. The Labute approximate surface area is 127 Å². The van der Waals surface area contributed by atoms with E-state index in [0.29, 0.717) is 18.4 Å². The molecule has 0 amide bonds. The second kappa shape index (κ2) is 6.73. The van der Waals surface area contributed by atoms with Gasteiger partial charge < -0.3 is 0 Å². The Bertz CT molecular complexity index is 637. The Morgan fingerprint density at radius 1 is 1.20 bits per heavy atom. The van der Waals surface area contributed by atoms with Crippen molar-refractivity contribution in [1.82, 2.24) is 0 Å². The summed E-state index contributed by atoms with van der Waals surface area (Å²) >= 11 is 10.7. The number of hydrogen-bond acceptors (Lipinski definition) is 2. The highest BCUT2D eigenvalue weighted by atomic mass is 35.5. The molecule has 0 spiro atoms. The molecule has 2 aromatic carbocycles. The van der Waals surface area contributed by atoms with Gasteiger partial charge in [-0.1, -0.05) is 48.1 Å². The number of aryl methyl sites for hydroxylation is 1. The molecule has 0 aliphatic heterocycles. The van der Waals surface area contributed by atoms with Gasteiger partial charge in [-0.05, 0) is 35.7 Å². The third kappa shape index (κ3) is 3.71. The van der Waals surface area contributed by atoms with E-state index in [0.717, 1.165) is 17.2 Å². The van der Waals surface area contributed by atoms with E-state index >= 15 is 0 Å². The van der Waals surface area contributed by atoms with E-state index in [-0.39, 0.29) is 10.8 Å². The molecule has 0 unspecified atom stereocenters. The van der Waals surface area contributed by atoms with Crippen LogP contribution in [0.1, 0.15) is 27.9 Å². The summed E-state index contributed by atoms with van der Waals surface area (Å²) in [6.45, 7) is 0. The smallest absolute Gasteiger partial charge is 0.164 e. The zero-order valence-electron chi connectivity index (χ0n) is 10.6. The van der Waals surface area contributed by atoms with Crippen molar-refractivity contribution in [3.8, 4) is 0 Å². The molecule has 0 saturated heterocycles. The van der Waals surface area contributed by atoms with E-state index < -0.39 is 5.82 Å². The first-order valence-electron chi connectivity index (χ1n) is 6.12. The lowest BCUT2D eigenvalue weighted by Crippen LogP contribution is -2.02. The second-order valence-corrected chi connectivity index (χ2v) is 5.05. The molecule has 0 atom stereocenters. The lowest BCUT2D eigenvalue weighted by molar-refractivity contribution is 0.0983. The summed E-state index contributed by atoms with van der Waals surface area (Å²) in [5.74, 6) is -0.531. The van der Waals surface area contributed by atoms with Crippen LogP contribution < -0.4 is 0 Å². The fourth-order valence-corrected chi connectivity index (χ4v) is 2.30. The van der Waals surface area contributed by atoms with Crippen molar-refractivity contribution in [2.75, 3.05) is 0 Å². The average molecular weight is 307 g/mol. The van der Waals surface area contributed by atoms with Crippen LogP contribution in [0, 0.1) is 5.82 Å². The molecule has 20 heavy (non-hydrogen) atoms. The molecule has 0 aliphatic carbocycles. The maximum absolute atomic E-state index is 12.9. The van der Waals surface area contributed by atoms with Gasteiger partial charge in [0.05, 0.1) is 5.02 Å². The summed E-state index contributed by atoms with van der Waals surface area (Å²) in [6.07, 6.45) is 0.951. The third-order valence-corrected chi connectivity index (χ3v) is 3.57. The number of halogens is 2. The Balaban J connectivity index is 2.02. The van der Waals surface area contributed by atoms with E-state index in [2.05, 4.69) is 0 Å². The van der Waals surface area contributed by atoms with Crippen molar-refractivity contribution in [2.45, 2.75) is 12.8 Å². The first-order chi connectivity index (χ1) is 9.60. The summed E-state index contributed by atoms with van der Waals surface area (Å²) < 4.78 is 12.9. The molecule has 2 aromatic rings. The van der Waals surface area contributed by atoms with E-state index in [1.165, 1.54) is 12.1 Å². The molecule has 0 bridgehead atoms. The number of hydrogen-bond donors (Lipinski definition) is 0. The zero-order valence-corrected chi connectivity index (χ0v) is 12.2. The maximum atomic E-state index is 12.9. The molecule has 0 fully saturated rings. The minimum absolute atomic E-state index is 0.0890. The van der Waals surface area contributed by atoms with Gasteiger partial charge in [-0.3, -0.25) is 4.79 Å². The standard InChI is InChI=1S/C16H12ClFOS/c17-15-9-13(18)6-7-14(15)16(19)8-5-11-1-3-12(10-20)4-2-11/h1-4,6-7,9-10H,5,8H2. The number of carbonyl (C=O) groups excluding carboxylic acids is 1. The molecule has 0 N–H and O–H groups in total. The van der Waals surface area contributed by atoms with Crippen LogP contribution in [-0.2, 0) is 6.42 Å². The van der Waals surface area contributed by atoms with Crippen LogP contribution in [0.2, 0.25) is 5.02 Å². The van der Waals surface area contributed by atoms with Gasteiger partial charge in [-0.25, -0.2) is 4.39 Å². The largest absolute Gasteiger partial charge is 0.294 e. The molecule has 0 aliphatic rings. The highest BCUT2D eigenvalue weighted by Gasteiger charge is 2.11. The summed E-state index contributed by atoms with van der Waals surface area (Å²) in [6, 6.07) is 11.5. The van der Waals surface area contributed by atoms with Gasteiger partial charge in [0.15, 0.2) is 5.78 Å². The van der Waals surface area contributed by atoms with Crippen LogP contribution in [-0.4, -0.2) is 11.2 Å². The highest BCUT2D eigenvalue weighted by molar-refractivity contribution is 7.79. The molecule has 4 heteroatoms. The van der Waals surface area contributed by atoms with E-state index in [1.54, 1.807) is 5.37 Å². The van der Waals surface area contributed by atoms with Gasteiger partial charge in [0, 0.05) is 17.4 Å². The molecular formula is C16H12ClFOS. The fraction of sp³-hybridized carbons (Fsp3) is 0.125. The van der Waals surface area contributed by atoms with Crippen molar-refractivity contribution in [1.29, 1.82) is 0 Å². The zero-order chi connectivity index (χ0) is 14.5. The lowest BCUT2D eigenvalue weighted by Gasteiger charge is -2.04. The maximum Gasteiger partial charge on any atom is 0.164 e. The normalized spacial score (nSPS) is 10.3. The first-order valence-corrected chi connectivity index (χ1v) is 6.97. The Hall–Kier alpha value is -1.58. The van der Waals surface area contributed by atoms with Crippen LogP contribution in [0.3, 0.4) is 0 Å². The highest BCUT2D eigenvalue weighted by Crippen LogP contribution is 2.19. The van der Waals surface area contributed by atoms with Crippen LogP contribution in [0.5, 0.6) is 0 Å². The molecule has 0 heterocycles. The van der Waals surface area contributed by atoms with E-state index in [4.69, 9.17) is 23.8 Å². The Morgan fingerprint density at radius 2 is 1.90 bits per heavy atom. The van der Waals surface area contributed by atoms with E-state index in [9.17, 15) is 9.18 Å². The van der Waals surface area contributed by atoms with Crippen molar-refractivity contribution < 1.29 is 9.18 Å². The van der Waals surface area contributed by atoms with Crippen molar-refractivity contribution in [2.24, 2.45) is 0 Å². The molecule has 2 rings (SSSR count). The predicted molar refractivity (Wildman–Crippen MR) is 83.3 cm³/mol. The van der Waals surface area contributed by atoms with Gasteiger partial charge >= 0.3 is 0 Å². The predicted octanol–water partition coefficient (Wildman–Crippen LogP) is 4.64. The van der Waals surface area contributed by atoms with Crippen molar-refractivity contribution >= 4 is 35.0 Å². The fourth-order valence-electron chi connectivity index (χ4n) is 1.87. The van der Waals surface area contributed by atoms with Gasteiger partial charge in [0.2, 0.25) is 0 Å². The van der Waals surface area contributed by atoms with Crippen LogP contribution in [0.4, 0.5) is 4.39 Å². The Kier molecular flexibility index (Phi) is 4.99. The second-order valence-electron chi connectivity index (χ2n) is 4.41. The third-order valence-electron chi connectivity index (χ3n) is 2.99. The number of ketones is 1. The number of thiocarbonyl (C=S) groups is 1. The number of benzene rings is 2. The number of rotatable bonds is 5. The first kappa shape index (κ1) is 14.8. The van der Waals surface area contributed by atoms with E-state index in [1.807, 2.05) is 24.3 Å². The summed E-state index contributed by atoms with van der Waals surface area (Å²) in [5, 5.41) is 1.76. The molecule has 0 aromatic heterocycles. The molecular weight excluding hydrogens is 295 g/mol. The summed E-state index contributed by atoms with van der Waals surface area (Å²) in [5.41, 5.74) is 2.39. The minimum Gasteiger partial charge on any atom is -0.294 e. The summed E-state index contributed by atoms with van der Waals surface area (Å²) in [4.78, 5) is 12.0. The van der Waals surface area contributed by atoms with Crippen LogP contribution in [0.15, 0.2) is 42.5 Å². The van der Waals surface area contributed by atoms with Crippen molar-refractivity contribution in [3.05, 3.63) is 70.0 Å². The monoisotopic (exact) mass is 306 g/mol. The number of Topliss-reactive ketones (excluding diaryl/α,β-unsaturated/α-hetero) is 1. The molecule has 0 saturated carbocycles. The number of carbonyl (C=O) groups is 1. The van der Waals surface area contributed by atoms with Gasteiger partial charge in [-0.2, -0.15) is 0 Å².